The predicted molar refractivity (Wildman–Crippen MR) is 41.5 cm³/mol. The molecule has 0 saturated heterocycles. The van der Waals surface area contributed by atoms with Crippen LogP contribution in [0.4, 0.5) is 0 Å². The van der Waals surface area contributed by atoms with E-state index in [4.69, 9.17) is 9.69 Å². The Balaban J connectivity index is 2.41. The Kier molecular flexibility index (Phi) is 4.33. The van der Waals surface area contributed by atoms with Crippen molar-refractivity contribution in [2.24, 2.45) is 0 Å². The predicted octanol–water partition coefficient (Wildman–Crippen LogP) is 3.24. The number of hydrogen-bond acceptors (Lipinski definition) is 0. The Morgan fingerprint density at radius 1 is 1.20 bits per heavy atom. The summed E-state index contributed by atoms with van der Waals surface area (Å²) in [5.41, 5.74) is 0. The van der Waals surface area contributed by atoms with E-state index in [-0.39, 0.29) is 16.1 Å². The molecule has 0 N–H and O–H groups in total. The van der Waals surface area contributed by atoms with E-state index >= 15 is 0 Å². The van der Waals surface area contributed by atoms with Gasteiger partial charge in [0.05, 0.1) is 0 Å². The molecule has 0 fully saturated rings. The summed E-state index contributed by atoms with van der Waals surface area (Å²) in [5, 5.41) is 0. The molecule has 0 heterocycles. The zero-order chi connectivity index (χ0) is 7.23. The van der Waals surface area contributed by atoms with Gasteiger partial charge in [-0.15, -0.1) is 0 Å². The van der Waals surface area contributed by atoms with Gasteiger partial charge in [-0.2, -0.15) is 0 Å². The van der Waals surface area contributed by atoms with Crippen molar-refractivity contribution in [3.8, 4) is 0 Å². The first-order valence-electron chi connectivity index (χ1n) is 3.51. The molecule has 0 bridgehead atoms. The Bertz CT molecular complexity index is 149. The van der Waals surface area contributed by atoms with Crippen molar-refractivity contribution >= 4 is 9.69 Å². The van der Waals surface area contributed by atoms with Crippen LogP contribution < -0.4 is 0 Å². The van der Waals surface area contributed by atoms with Crippen molar-refractivity contribution in [2.75, 3.05) is 0 Å². The van der Waals surface area contributed by atoms with E-state index < -0.39 is 0 Å². The topological polar surface area (TPSA) is 0 Å². The maximum absolute atomic E-state index is 5.80. The van der Waals surface area contributed by atoms with Crippen LogP contribution in [0.15, 0.2) is 22.4 Å². The number of allylic oxidation sites excluding steroid dienone is 4. The van der Waals surface area contributed by atoms with Crippen molar-refractivity contribution < 1.29 is 16.1 Å². The second kappa shape index (κ2) is 5.10. The number of halogens is 1. The molecule has 1 aliphatic carbocycles. The quantitative estimate of drug-likeness (QED) is 0.490. The number of hydrogen-bond donors (Lipinski definition) is 0. The SMILES string of the molecule is [Cl][Ru][C]1=CCCC=CCC1. The van der Waals surface area contributed by atoms with E-state index in [2.05, 4.69) is 18.2 Å². The van der Waals surface area contributed by atoms with Gasteiger partial charge in [0.1, 0.15) is 0 Å². The van der Waals surface area contributed by atoms with E-state index in [1.54, 1.807) is 0 Å². The van der Waals surface area contributed by atoms with Crippen LogP contribution in [0.3, 0.4) is 0 Å². The molecular formula is C8H11ClRu. The second-order valence-corrected chi connectivity index (χ2v) is 4.52. The first-order chi connectivity index (χ1) is 4.93. The van der Waals surface area contributed by atoms with E-state index in [1.165, 1.54) is 29.9 Å². The maximum atomic E-state index is 5.80. The summed E-state index contributed by atoms with van der Waals surface area (Å²) in [5.74, 6) is 0. The van der Waals surface area contributed by atoms with Gasteiger partial charge >= 0.3 is 73.9 Å². The van der Waals surface area contributed by atoms with Crippen molar-refractivity contribution in [1.29, 1.82) is 0 Å². The normalized spacial score (nSPS) is 19.9. The van der Waals surface area contributed by atoms with Gasteiger partial charge in [-0.1, -0.05) is 0 Å². The molecule has 0 atom stereocenters. The molecular weight excluding hydrogens is 233 g/mol. The van der Waals surface area contributed by atoms with Crippen molar-refractivity contribution in [3.63, 3.8) is 0 Å². The summed E-state index contributed by atoms with van der Waals surface area (Å²) in [7, 11) is 5.80. The van der Waals surface area contributed by atoms with E-state index in [0.717, 1.165) is 0 Å². The van der Waals surface area contributed by atoms with Gasteiger partial charge in [0.15, 0.2) is 0 Å². The van der Waals surface area contributed by atoms with Gasteiger partial charge < -0.3 is 0 Å². The average Bonchev–Trinajstić information content (AvgIpc) is 1.87. The Morgan fingerprint density at radius 2 is 2.00 bits per heavy atom. The average molecular weight is 244 g/mol. The van der Waals surface area contributed by atoms with Crippen LogP contribution in [0.1, 0.15) is 25.7 Å². The van der Waals surface area contributed by atoms with Crippen molar-refractivity contribution in [1.82, 2.24) is 0 Å². The standard InChI is InChI=1S/C8H11.ClH.Ru/c1-2-4-6-8-7-5-3-1;;/h1-2,7H,3-6H2;1H;/q;;+1/p-1. The van der Waals surface area contributed by atoms with Crippen LogP contribution in [-0.2, 0) is 16.1 Å². The Morgan fingerprint density at radius 3 is 2.80 bits per heavy atom. The van der Waals surface area contributed by atoms with Crippen molar-refractivity contribution in [3.05, 3.63) is 22.4 Å². The molecule has 0 saturated carbocycles. The van der Waals surface area contributed by atoms with Gasteiger partial charge in [-0.3, -0.25) is 0 Å². The third-order valence-electron chi connectivity index (χ3n) is 1.49. The molecule has 0 unspecified atom stereocenters. The minimum atomic E-state index is 0.0123. The fourth-order valence-electron chi connectivity index (χ4n) is 0.949. The second-order valence-electron chi connectivity index (χ2n) is 2.29. The molecule has 1 aliphatic rings. The molecule has 0 aliphatic heterocycles. The molecule has 58 valence electrons. The van der Waals surface area contributed by atoms with Crippen LogP contribution in [0, 0.1) is 0 Å². The van der Waals surface area contributed by atoms with Crippen LogP contribution in [0.2, 0.25) is 0 Å². The third-order valence-corrected chi connectivity index (χ3v) is 3.72. The molecule has 0 aromatic rings. The van der Waals surface area contributed by atoms with Gasteiger partial charge in [0.25, 0.3) is 0 Å². The molecule has 2 heteroatoms. The molecule has 1 rings (SSSR count). The van der Waals surface area contributed by atoms with Crippen LogP contribution >= 0.6 is 9.69 Å². The zero-order valence-electron chi connectivity index (χ0n) is 5.79. The van der Waals surface area contributed by atoms with Crippen LogP contribution in [0.25, 0.3) is 0 Å². The van der Waals surface area contributed by atoms with E-state index in [1.807, 2.05) is 0 Å². The molecule has 0 aromatic heterocycles. The molecule has 0 aromatic carbocycles. The monoisotopic (exact) mass is 244 g/mol. The summed E-state index contributed by atoms with van der Waals surface area (Å²) in [6, 6.07) is 0. The molecule has 0 amide bonds. The minimum absolute atomic E-state index is 0.0123. The Labute approximate surface area is 74.0 Å². The van der Waals surface area contributed by atoms with Gasteiger partial charge in [-0.25, -0.2) is 0 Å². The van der Waals surface area contributed by atoms with Crippen molar-refractivity contribution in [2.45, 2.75) is 25.7 Å². The van der Waals surface area contributed by atoms with Crippen LogP contribution in [-0.4, -0.2) is 0 Å². The first kappa shape index (κ1) is 8.49. The molecule has 10 heavy (non-hydrogen) atoms. The van der Waals surface area contributed by atoms with Gasteiger partial charge in [0.2, 0.25) is 0 Å². The third kappa shape index (κ3) is 2.99. The van der Waals surface area contributed by atoms with Gasteiger partial charge in [-0.05, 0) is 0 Å². The van der Waals surface area contributed by atoms with Crippen LogP contribution in [0.5, 0.6) is 0 Å². The summed E-state index contributed by atoms with van der Waals surface area (Å²) >= 11 is 0.0123. The zero-order valence-corrected chi connectivity index (χ0v) is 8.29. The summed E-state index contributed by atoms with van der Waals surface area (Å²) in [4.78, 5) is 0. The first-order valence-corrected chi connectivity index (χ1v) is 6.62. The molecule has 0 spiro atoms. The van der Waals surface area contributed by atoms with Gasteiger partial charge in [0, 0.05) is 0 Å². The number of rotatable bonds is 1. The van der Waals surface area contributed by atoms with E-state index in [0.29, 0.717) is 0 Å². The fourth-order valence-corrected chi connectivity index (χ4v) is 2.47. The molecule has 0 radical (unpaired) electrons. The van der Waals surface area contributed by atoms with E-state index in [9.17, 15) is 0 Å². The molecule has 0 nitrogen and oxygen atoms in total. The summed E-state index contributed by atoms with van der Waals surface area (Å²) < 4.78 is 1.50. The summed E-state index contributed by atoms with van der Waals surface area (Å²) in [6.07, 6.45) is 11.6. The summed E-state index contributed by atoms with van der Waals surface area (Å²) in [6.45, 7) is 0. The fraction of sp³-hybridized carbons (Fsp3) is 0.500. The Hall–Kier alpha value is 0.393.